The van der Waals surface area contributed by atoms with Crippen molar-refractivity contribution in [2.75, 3.05) is 5.32 Å². The monoisotopic (exact) mass is 432 g/mol. The second kappa shape index (κ2) is 9.84. The van der Waals surface area contributed by atoms with Crippen molar-refractivity contribution in [3.63, 3.8) is 0 Å². The van der Waals surface area contributed by atoms with Gasteiger partial charge < -0.3 is 10.1 Å². The van der Waals surface area contributed by atoms with Crippen molar-refractivity contribution in [3.8, 4) is 11.8 Å². The molecule has 4 aromatic carbocycles. The number of hydrogen-bond acceptors (Lipinski definition) is 3. The van der Waals surface area contributed by atoms with Crippen LogP contribution in [-0.4, -0.2) is 5.91 Å². The van der Waals surface area contributed by atoms with E-state index in [0.29, 0.717) is 12.3 Å². The third-order valence-corrected chi connectivity index (χ3v) is 5.52. The molecule has 4 aromatic rings. The molecule has 4 nitrogen and oxygen atoms in total. The maximum atomic E-state index is 12.5. The third-order valence-electron chi connectivity index (χ3n) is 5.52. The highest BCUT2D eigenvalue weighted by Gasteiger charge is 2.10. The number of anilines is 1. The minimum absolute atomic E-state index is 0.0376. The lowest BCUT2D eigenvalue weighted by molar-refractivity contribution is -0.112. The van der Waals surface area contributed by atoms with Crippen LogP contribution in [0.4, 0.5) is 5.69 Å². The van der Waals surface area contributed by atoms with Crippen molar-refractivity contribution in [1.82, 2.24) is 0 Å². The Morgan fingerprint density at radius 2 is 1.67 bits per heavy atom. The van der Waals surface area contributed by atoms with Gasteiger partial charge in [-0.05, 0) is 66.1 Å². The first-order valence-corrected chi connectivity index (χ1v) is 10.7. The average molecular weight is 433 g/mol. The van der Waals surface area contributed by atoms with Gasteiger partial charge in [-0.2, -0.15) is 5.26 Å². The number of rotatable bonds is 6. The number of amides is 1. The first-order chi connectivity index (χ1) is 16.0. The van der Waals surface area contributed by atoms with Crippen LogP contribution in [0.1, 0.15) is 22.3 Å². The van der Waals surface area contributed by atoms with Gasteiger partial charge in [-0.25, -0.2) is 0 Å². The number of nitriles is 1. The van der Waals surface area contributed by atoms with Crippen molar-refractivity contribution in [2.24, 2.45) is 0 Å². The number of hydrogen-bond donors (Lipinski definition) is 1. The molecule has 0 aromatic heterocycles. The van der Waals surface area contributed by atoms with Crippen molar-refractivity contribution < 1.29 is 9.53 Å². The molecule has 1 N–H and O–H groups in total. The van der Waals surface area contributed by atoms with Crippen LogP contribution in [-0.2, 0) is 11.4 Å². The summed E-state index contributed by atoms with van der Waals surface area (Å²) in [6.07, 6.45) is 1.57. The zero-order valence-electron chi connectivity index (χ0n) is 18.6. The van der Waals surface area contributed by atoms with Crippen LogP contribution in [0, 0.1) is 25.2 Å². The summed E-state index contributed by atoms with van der Waals surface area (Å²) in [4.78, 5) is 12.5. The molecule has 0 saturated carbocycles. The fourth-order valence-corrected chi connectivity index (χ4v) is 3.60. The largest absolute Gasteiger partial charge is 0.489 e. The topological polar surface area (TPSA) is 62.1 Å². The summed E-state index contributed by atoms with van der Waals surface area (Å²) >= 11 is 0. The Morgan fingerprint density at radius 3 is 2.39 bits per heavy atom. The Morgan fingerprint density at radius 1 is 0.939 bits per heavy atom. The van der Waals surface area contributed by atoms with Gasteiger partial charge in [0.2, 0.25) is 0 Å². The fraction of sp³-hybridized carbons (Fsp3) is 0.103. The molecule has 4 rings (SSSR count). The minimum atomic E-state index is -0.437. The van der Waals surface area contributed by atoms with E-state index < -0.39 is 5.91 Å². The maximum absolute atomic E-state index is 12.5. The van der Waals surface area contributed by atoms with Gasteiger partial charge in [-0.1, -0.05) is 66.2 Å². The number of carbonyl (C=O) groups excluding carboxylic acids is 1. The lowest BCUT2D eigenvalue weighted by Gasteiger charge is -2.12. The Hall–Kier alpha value is -4.36. The van der Waals surface area contributed by atoms with Gasteiger partial charge in [0.05, 0.1) is 0 Å². The maximum Gasteiger partial charge on any atom is 0.266 e. The van der Waals surface area contributed by atoms with E-state index in [-0.39, 0.29) is 5.57 Å². The molecular formula is C29H24N2O2. The number of ether oxygens (including phenoxy) is 1. The summed E-state index contributed by atoms with van der Waals surface area (Å²) in [6, 6.07) is 29.3. The second-order valence-corrected chi connectivity index (χ2v) is 7.93. The number of nitrogens with zero attached hydrogens (tertiary/aromatic N) is 1. The summed E-state index contributed by atoms with van der Waals surface area (Å²) in [6.45, 7) is 4.53. The van der Waals surface area contributed by atoms with Gasteiger partial charge in [0, 0.05) is 11.3 Å². The smallest absolute Gasteiger partial charge is 0.266 e. The molecule has 0 bridgehead atoms. The van der Waals surface area contributed by atoms with Gasteiger partial charge >= 0.3 is 0 Å². The summed E-state index contributed by atoms with van der Waals surface area (Å²) in [5.74, 6) is 0.287. The molecule has 0 unspecified atom stereocenters. The van der Waals surface area contributed by atoms with E-state index in [2.05, 4.69) is 36.5 Å². The Labute approximate surface area is 193 Å². The van der Waals surface area contributed by atoms with Crippen LogP contribution in [0.25, 0.3) is 16.8 Å². The standard InChI is InChI=1S/C29H24N2O2/c1-20-7-13-25(14-8-20)31-29(32)24(18-30)17-22-10-15-26(16-11-22)33-19-28-21(2)9-12-23-5-3-4-6-27(23)28/h3-17H,19H2,1-2H3,(H,31,32)/b24-17+. The number of fused-ring (bicyclic) bond motifs is 1. The molecule has 0 aliphatic heterocycles. The van der Waals surface area contributed by atoms with Crippen LogP contribution in [0.2, 0.25) is 0 Å². The summed E-state index contributed by atoms with van der Waals surface area (Å²) in [5, 5.41) is 14.6. The molecule has 0 atom stereocenters. The number of nitrogens with one attached hydrogen (secondary N) is 1. The van der Waals surface area contributed by atoms with E-state index >= 15 is 0 Å². The molecule has 33 heavy (non-hydrogen) atoms. The molecule has 0 fully saturated rings. The van der Waals surface area contributed by atoms with Crippen molar-refractivity contribution in [3.05, 3.63) is 113 Å². The molecule has 0 spiro atoms. The normalized spacial score (nSPS) is 11.1. The SMILES string of the molecule is Cc1ccc(NC(=O)/C(C#N)=C/c2ccc(OCc3c(C)ccc4ccccc34)cc2)cc1. The zero-order chi connectivity index (χ0) is 23.2. The van der Waals surface area contributed by atoms with Crippen LogP contribution < -0.4 is 10.1 Å². The highest BCUT2D eigenvalue weighted by atomic mass is 16.5. The molecular weight excluding hydrogens is 408 g/mol. The van der Waals surface area contributed by atoms with E-state index in [4.69, 9.17) is 4.74 Å². The van der Waals surface area contributed by atoms with Crippen LogP contribution in [0.5, 0.6) is 5.75 Å². The Bertz CT molecular complexity index is 1360. The van der Waals surface area contributed by atoms with E-state index in [1.165, 1.54) is 16.3 Å². The van der Waals surface area contributed by atoms with Crippen LogP contribution >= 0.6 is 0 Å². The number of aryl methyl sites for hydroxylation is 2. The third kappa shape index (κ3) is 5.28. The molecule has 0 saturated heterocycles. The number of carbonyl (C=O) groups is 1. The van der Waals surface area contributed by atoms with Gasteiger partial charge in [0.1, 0.15) is 24.0 Å². The Balaban J connectivity index is 1.45. The summed E-state index contributed by atoms with van der Waals surface area (Å²) in [5.41, 5.74) is 4.89. The van der Waals surface area contributed by atoms with E-state index in [0.717, 1.165) is 22.4 Å². The molecule has 4 heteroatoms. The predicted molar refractivity (Wildman–Crippen MR) is 133 cm³/mol. The summed E-state index contributed by atoms with van der Waals surface area (Å²) < 4.78 is 6.04. The van der Waals surface area contributed by atoms with Gasteiger partial charge in [0.15, 0.2) is 0 Å². The molecule has 162 valence electrons. The van der Waals surface area contributed by atoms with E-state index in [9.17, 15) is 10.1 Å². The molecule has 0 aliphatic carbocycles. The molecule has 0 heterocycles. The molecule has 0 aliphatic rings. The van der Waals surface area contributed by atoms with Crippen LogP contribution in [0.3, 0.4) is 0 Å². The van der Waals surface area contributed by atoms with Crippen LogP contribution in [0.15, 0.2) is 90.5 Å². The van der Waals surface area contributed by atoms with E-state index in [1.54, 1.807) is 6.08 Å². The highest BCUT2D eigenvalue weighted by molar-refractivity contribution is 6.09. The predicted octanol–water partition coefficient (Wildman–Crippen LogP) is 6.58. The van der Waals surface area contributed by atoms with Crippen molar-refractivity contribution in [2.45, 2.75) is 20.5 Å². The molecule has 1 amide bonds. The first kappa shape index (κ1) is 21.9. The highest BCUT2D eigenvalue weighted by Crippen LogP contribution is 2.24. The summed E-state index contributed by atoms with van der Waals surface area (Å²) in [7, 11) is 0. The lowest BCUT2D eigenvalue weighted by Crippen LogP contribution is -2.13. The Kier molecular flexibility index (Phi) is 6.52. The van der Waals surface area contributed by atoms with Crippen molar-refractivity contribution in [1.29, 1.82) is 5.26 Å². The fourth-order valence-electron chi connectivity index (χ4n) is 3.60. The zero-order valence-corrected chi connectivity index (χ0v) is 18.6. The van der Waals surface area contributed by atoms with Gasteiger partial charge in [-0.15, -0.1) is 0 Å². The lowest BCUT2D eigenvalue weighted by atomic mass is 10.0. The number of benzene rings is 4. The van der Waals surface area contributed by atoms with E-state index in [1.807, 2.05) is 73.7 Å². The van der Waals surface area contributed by atoms with Gasteiger partial charge in [-0.3, -0.25) is 4.79 Å². The minimum Gasteiger partial charge on any atom is -0.489 e. The first-order valence-electron chi connectivity index (χ1n) is 10.7. The quantitative estimate of drug-likeness (QED) is 0.276. The second-order valence-electron chi connectivity index (χ2n) is 7.93. The van der Waals surface area contributed by atoms with Gasteiger partial charge in [0.25, 0.3) is 5.91 Å². The molecule has 0 radical (unpaired) electrons. The average Bonchev–Trinajstić information content (AvgIpc) is 2.84. The van der Waals surface area contributed by atoms with Crippen molar-refractivity contribution >= 4 is 28.4 Å².